The molecule has 0 spiro atoms. The van der Waals surface area contributed by atoms with E-state index in [-0.39, 0.29) is 0 Å². The zero-order valence-corrected chi connectivity index (χ0v) is 10.1. The summed E-state index contributed by atoms with van der Waals surface area (Å²) in [6.45, 7) is 7.19. The molecule has 1 saturated heterocycles. The van der Waals surface area contributed by atoms with E-state index in [4.69, 9.17) is 10.3 Å². The maximum Gasteiger partial charge on any atom is 0.133 e. The number of likely N-dealkylation sites (tertiary alicyclic amines) is 1. The van der Waals surface area contributed by atoms with Crippen LogP contribution in [0.4, 0.5) is 0 Å². The number of rotatable bonds is 3. The molecular formula is C12H21N3O. The number of hydrogen-bond acceptors (Lipinski definition) is 4. The lowest BCUT2D eigenvalue weighted by atomic mass is 9.91. The summed E-state index contributed by atoms with van der Waals surface area (Å²) in [5.74, 6) is 1.51. The molecule has 2 atom stereocenters. The van der Waals surface area contributed by atoms with Crippen molar-refractivity contribution in [1.82, 2.24) is 10.1 Å². The van der Waals surface area contributed by atoms with Crippen molar-refractivity contribution in [1.29, 1.82) is 0 Å². The second-order valence-corrected chi connectivity index (χ2v) is 4.78. The van der Waals surface area contributed by atoms with Crippen molar-refractivity contribution in [2.45, 2.75) is 39.3 Å². The van der Waals surface area contributed by atoms with Gasteiger partial charge in [-0.25, -0.2) is 0 Å². The van der Waals surface area contributed by atoms with Gasteiger partial charge in [-0.1, -0.05) is 18.5 Å². The molecule has 4 nitrogen and oxygen atoms in total. The Morgan fingerprint density at radius 1 is 1.62 bits per heavy atom. The van der Waals surface area contributed by atoms with Gasteiger partial charge in [0.2, 0.25) is 0 Å². The van der Waals surface area contributed by atoms with E-state index < -0.39 is 0 Å². The Kier molecular flexibility index (Phi) is 3.61. The molecule has 0 aromatic carbocycles. The molecule has 1 aromatic heterocycles. The summed E-state index contributed by atoms with van der Waals surface area (Å²) in [6.07, 6.45) is 2.25. The van der Waals surface area contributed by atoms with Crippen LogP contribution >= 0.6 is 0 Å². The van der Waals surface area contributed by atoms with Gasteiger partial charge in [0.25, 0.3) is 0 Å². The molecule has 0 amide bonds. The van der Waals surface area contributed by atoms with Crippen molar-refractivity contribution in [3.63, 3.8) is 0 Å². The molecule has 16 heavy (non-hydrogen) atoms. The van der Waals surface area contributed by atoms with Crippen molar-refractivity contribution in [2.24, 2.45) is 11.7 Å². The van der Waals surface area contributed by atoms with Crippen LogP contribution in [0, 0.1) is 12.8 Å². The second kappa shape index (κ2) is 4.97. The molecule has 1 aromatic rings. The summed E-state index contributed by atoms with van der Waals surface area (Å²) in [4.78, 5) is 2.43. The van der Waals surface area contributed by atoms with Gasteiger partial charge in [-0.15, -0.1) is 0 Å². The zero-order chi connectivity index (χ0) is 11.5. The summed E-state index contributed by atoms with van der Waals surface area (Å²) in [5.41, 5.74) is 7.12. The predicted octanol–water partition coefficient (Wildman–Crippen LogP) is 1.54. The van der Waals surface area contributed by atoms with Crippen molar-refractivity contribution >= 4 is 0 Å². The van der Waals surface area contributed by atoms with Crippen molar-refractivity contribution in [2.75, 3.05) is 13.1 Å². The largest absolute Gasteiger partial charge is 0.361 e. The molecule has 2 unspecified atom stereocenters. The summed E-state index contributed by atoms with van der Waals surface area (Å²) in [7, 11) is 0. The fourth-order valence-electron chi connectivity index (χ4n) is 2.42. The van der Waals surface area contributed by atoms with E-state index in [1.807, 2.05) is 13.0 Å². The van der Waals surface area contributed by atoms with Gasteiger partial charge >= 0.3 is 0 Å². The maximum atomic E-state index is 6.09. The SMILES string of the molecule is CCC1CN(Cc2cc(C)on2)CCC1N. The third kappa shape index (κ3) is 2.62. The molecule has 0 bridgehead atoms. The van der Waals surface area contributed by atoms with Gasteiger partial charge in [-0.05, 0) is 19.3 Å². The van der Waals surface area contributed by atoms with Crippen LogP contribution in [0.15, 0.2) is 10.6 Å². The van der Waals surface area contributed by atoms with Crippen molar-refractivity contribution in [3.05, 3.63) is 17.5 Å². The van der Waals surface area contributed by atoms with Crippen molar-refractivity contribution < 1.29 is 4.52 Å². The molecule has 0 aliphatic carbocycles. The molecule has 1 aliphatic rings. The van der Waals surface area contributed by atoms with E-state index in [2.05, 4.69) is 17.0 Å². The highest BCUT2D eigenvalue weighted by molar-refractivity contribution is 5.03. The molecule has 1 fully saturated rings. The standard InChI is InChI=1S/C12H21N3O/c1-3-10-7-15(5-4-12(10)13)8-11-6-9(2)16-14-11/h6,10,12H,3-5,7-8,13H2,1-2H3. The van der Waals surface area contributed by atoms with Gasteiger partial charge in [0, 0.05) is 31.7 Å². The number of aryl methyl sites for hydroxylation is 1. The summed E-state index contributed by atoms with van der Waals surface area (Å²) >= 11 is 0. The van der Waals surface area contributed by atoms with E-state index in [0.29, 0.717) is 12.0 Å². The van der Waals surface area contributed by atoms with E-state index in [9.17, 15) is 0 Å². The van der Waals surface area contributed by atoms with Gasteiger partial charge in [0.05, 0.1) is 5.69 Å². The Bertz CT molecular complexity index is 337. The van der Waals surface area contributed by atoms with Gasteiger partial charge < -0.3 is 10.3 Å². The summed E-state index contributed by atoms with van der Waals surface area (Å²) < 4.78 is 5.08. The quantitative estimate of drug-likeness (QED) is 0.844. The van der Waals surface area contributed by atoms with Gasteiger partial charge in [-0.3, -0.25) is 4.90 Å². The highest BCUT2D eigenvalue weighted by Gasteiger charge is 2.25. The Morgan fingerprint density at radius 3 is 3.06 bits per heavy atom. The Hall–Kier alpha value is -0.870. The van der Waals surface area contributed by atoms with Crippen LogP contribution < -0.4 is 5.73 Å². The van der Waals surface area contributed by atoms with E-state index in [0.717, 1.165) is 43.9 Å². The predicted molar refractivity (Wildman–Crippen MR) is 62.9 cm³/mol. The first-order valence-electron chi connectivity index (χ1n) is 6.09. The lowest BCUT2D eigenvalue weighted by Crippen LogP contribution is -2.46. The number of hydrogen-bond donors (Lipinski definition) is 1. The van der Waals surface area contributed by atoms with Crippen LogP contribution in [-0.4, -0.2) is 29.2 Å². The number of piperidine rings is 1. The van der Waals surface area contributed by atoms with Crippen molar-refractivity contribution in [3.8, 4) is 0 Å². The number of nitrogens with two attached hydrogens (primary N) is 1. The molecule has 1 aliphatic heterocycles. The first kappa shape index (κ1) is 11.6. The first-order chi connectivity index (χ1) is 7.69. The van der Waals surface area contributed by atoms with Gasteiger partial charge in [0.1, 0.15) is 5.76 Å². The van der Waals surface area contributed by atoms with Crippen LogP contribution in [0.1, 0.15) is 31.2 Å². The minimum absolute atomic E-state index is 0.375. The lowest BCUT2D eigenvalue weighted by molar-refractivity contribution is 0.142. The Morgan fingerprint density at radius 2 is 2.44 bits per heavy atom. The van der Waals surface area contributed by atoms with Gasteiger partial charge in [-0.2, -0.15) is 0 Å². The maximum absolute atomic E-state index is 6.09. The van der Waals surface area contributed by atoms with Crippen LogP contribution in [-0.2, 0) is 6.54 Å². The average molecular weight is 223 g/mol. The lowest BCUT2D eigenvalue weighted by Gasteiger charge is -2.36. The summed E-state index contributed by atoms with van der Waals surface area (Å²) in [5, 5.41) is 4.03. The van der Waals surface area contributed by atoms with E-state index in [1.165, 1.54) is 0 Å². The van der Waals surface area contributed by atoms with Crippen LogP contribution in [0.5, 0.6) is 0 Å². The molecule has 2 N–H and O–H groups in total. The van der Waals surface area contributed by atoms with Gasteiger partial charge in [0.15, 0.2) is 0 Å². The normalized spacial score (nSPS) is 27.2. The second-order valence-electron chi connectivity index (χ2n) is 4.78. The Labute approximate surface area is 96.8 Å². The number of nitrogens with zero attached hydrogens (tertiary/aromatic N) is 2. The molecular weight excluding hydrogens is 202 g/mol. The molecule has 0 radical (unpaired) electrons. The molecule has 0 saturated carbocycles. The fourth-order valence-corrected chi connectivity index (χ4v) is 2.42. The minimum Gasteiger partial charge on any atom is -0.361 e. The van der Waals surface area contributed by atoms with E-state index >= 15 is 0 Å². The van der Waals surface area contributed by atoms with Crippen LogP contribution in [0.2, 0.25) is 0 Å². The Balaban J connectivity index is 1.91. The highest BCUT2D eigenvalue weighted by atomic mass is 16.5. The summed E-state index contributed by atoms with van der Waals surface area (Å²) in [6, 6.07) is 2.38. The molecule has 2 heterocycles. The average Bonchev–Trinajstić information content (AvgIpc) is 2.67. The van der Waals surface area contributed by atoms with E-state index in [1.54, 1.807) is 0 Å². The molecule has 2 rings (SSSR count). The third-order valence-electron chi connectivity index (χ3n) is 3.46. The monoisotopic (exact) mass is 223 g/mol. The molecule has 4 heteroatoms. The topological polar surface area (TPSA) is 55.3 Å². The van der Waals surface area contributed by atoms with Crippen LogP contribution in [0.25, 0.3) is 0 Å². The number of aromatic nitrogens is 1. The minimum atomic E-state index is 0.375. The molecule has 90 valence electrons. The smallest absolute Gasteiger partial charge is 0.133 e. The zero-order valence-electron chi connectivity index (χ0n) is 10.1. The van der Waals surface area contributed by atoms with Crippen LogP contribution in [0.3, 0.4) is 0 Å². The highest BCUT2D eigenvalue weighted by Crippen LogP contribution is 2.20. The fraction of sp³-hybridized carbons (Fsp3) is 0.750. The third-order valence-corrected chi connectivity index (χ3v) is 3.46. The first-order valence-corrected chi connectivity index (χ1v) is 6.09.